The fraction of sp³-hybridized carbons (Fsp3) is 0.379. The topological polar surface area (TPSA) is 109 Å². The molecule has 0 saturated carbocycles. The van der Waals surface area contributed by atoms with Crippen LogP contribution in [0.2, 0.25) is 0 Å². The largest absolute Gasteiger partial charge is 0.394 e. The molecule has 2 aliphatic heterocycles. The van der Waals surface area contributed by atoms with Crippen molar-refractivity contribution in [3.05, 3.63) is 71.5 Å². The third-order valence-electron chi connectivity index (χ3n) is 7.61. The Labute approximate surface area is 235 Å². The van der Waals surface area contributed by atoms with Crippen molar-refractivity contribution in [3.8, 4) is 5.82 Å². The number of ether oxygens (including phenoxy) is 1. The van der Waals surface area contributed by atoms with E-state index < -0.39 is 18.3 Å². The van der Waals surface area contributed by atoms with Gasteiger partial charge >= 0.3 is 0 Å². The van der Waals surface area contributed by atoms with Crippen molar-refractivity contribution in [2.24, 2.45) is 0 Å². The highest BCUT2D eigenvalue weighted by molar-refractivity contribution is 5.84. The monoisotopic (exact) mass is 563 g/mol. The number of morpholine rings is 1. The van der Waals surface area contributed by atoms with Crippen LogP contribution in [0.25, 0.3) is 16.9 Å². The number of aromatic nitrogens is 4. The molecule has 214 valence electrons. The number of amides is 1. The van der Waals surface area contributed by atoms with Crippen LogP contribution in [0.4, 0.5) is 20.5 Å². The molecule has 1 fully saturated rings. The molecule has 0 radical (unpaired) electrons. The van der Waals surface area contributed by atoms with Crippen molar-refractivity contribution in [3.63, 3.8) is 0 Å². The van der Waals surface area contributed by atoms with Gasteiger partial charge in [-0.1, -0.05) is 36.4 Å². The van der Waals surface area contributed by atoms with Gasteiger partial charge in [-0.2, -0.15) is 9.97 Å². The maximum absolute atomic E-state index is 14.2. The fourth-order valence-corrected chi connectivity index (χ4v) is 5.50. The van der Waals surface area contributed by atoms with Crippen molar-refractivity contribution in [1.82, 2.24) is 24.4 Å². The van der Waals surface area contributed by atoms with Crippen LogP contribution in [0.15, 0.2) is 54.6 Å². The molecule has 2 aromatic carbocycles. The normalized spacial score (nSPS) is 18.0. The van der Waals surface area contributed by atoms with Crippen molar-refractivity contribution in [2.45, 2.75) is 38.4 Å². The number of aliphatic hydroxyl groups excluding tert-OH is 1. The van der Waals surface area contributed by atoms with Gasteiger partial charge in [0.2, 0.25) is 11.9 Å². The van der Waals surface area contributed by atoms with E-state index in [-0.39, 0.29) is 30.3 Å². The van der Waals surface area contributed by atoms with E-state index in [1.165, 1.54) is 4.57 Å². The summed E-state index contributed by atoms with van der Waals surface area (Å²) >= 11 is 0. The second-order valence-electron chi connectivity index (χ2n) is 10.2. The van der Waals surface area contributed by atoms with Crippen molar-refractivity contribution >= 4 is 28.7 Å². The number of benzene rings is 2. The summed E-state index contributed by atoms with van der Waals surface area (Å²) in [5, 5.41) is 13.2. The van der Waals surface area contributed by atoms with Crippen molar-refractivity contribution in [1.29, 1.82) is 0 Å². The third kappa shape index (κ3) is 5.32. The zero-order valence-corrected chi connectivity index (χ0v) is 22.6. The number of aliphatic hydroxyl groups is 1. The zero-order chi connectivity index (χ0) is 28.5. The summed E-state index contributed by atoms with van der Waals surface area (Å²) in [6, 6.07) is 15.3. The number of anilines is 2. The van der Waals surface area contributed by atoms with Crippen molar-refractivity contribution in [2.75, 3.05) is 43.1 Å². The Morgan fingerprint density at radius 2 is 1.76 bits per heavy atom. The number of carbonyl (C=O) groups is 1. The molecular formula is C29H31F2N7O3. The molecule has 4 aromatic rings. The van der Waals surface area contributed by atoms with Crippen LogP contribution in [0.1, 0.15) is 30.3 Å². The molecule has 1 amide bonds. The van der Waals surface area contributed by atoms with E-state index in [0.717, 1.165) is 11.1 Å². The number of nitrogens with zero attached hydrogens (tertiary/aromatic N) is 6. The summed E-state index contributed by atoms with van der Waals surface area (Å²) in [5.41, 5.74) is 3.07. The van der Waals surface area contributed by atoms with Gasteiger partial charge in [0.25, 0.3) is 6.43 Å². The van der Waals surface area contributed by atoms with E-state index in [1.54, 1.807) is 42.2 Å². The number of hydrogen-bond acceptors (Lipinski definition) is 8. The van der Waals surface area contributed by atoms with E-state index in [1.807, 2.05) is 29.2 Å². The van der Waals surface area contributed by atoms with Crippen LogP contribution < -0.4 is 10.2 Å². The SMILES string of the molecule is C[C@H](Nc1nc(N2CCOCC2)cc(-n2c(C(F)F)nc3ccccc32)n1)C(=O)N1Cc2ccccc2C[C@@H]1CO. The zero-order valence-electron chi connectivity index (χ0n) is 22.6. The molecule has 2 aromatic heterocycles. The molecule has 2 aliphatic rings. The van der Waals surface area contributed by atoms with Crippen LogP contribution in [0, 0.1) is 0 Å². The molecule has 10 nitrogen and oxygen atoms in total. The highest BCUT2D eigenvalue weighted by Crippen LogP contribution is 2.30. The maximum Gasteiger partial charge on any atom is 0.296 e. The molecular weight excluding hydrogens is 532 g/mol. The second-order valence-corrected chi connectivity index (χ2v) is 10.2. The summed E-state index contributed by atoms with van der Waals surface area (Å²) in [6.45, 7) is 4.08. The third-order valence-corrected chi connectivity index (χ3v) is 7.61. The van der Waals surface area contributed by atoms with E-state index in [0.29, 0.717) is 56.1 Å². The first-order valence-electron chi connectivity index (χ1n) is 13.6. The number of fused-ring (bicyclic) bond motifs is 2. The van der Waals surface area contributed by atoms with Crippen molar-refractivity contribution < 1.29 is 23.4 Å². The molecule has 41 heavy (non-hydrogen) atoms. The number of nitrogens with one attached hydrogen (secondary N) is 1. The van der Waals surface area contributed by atoms with Crippen LogP contribution in [0.5, 0.6) is 0 Å². The Morgan fingerprint density at radius 1 is 1.05 bits per heavy atom. The van der Waals surface area contributed by atoms with Gasteiger partial charge in [0.1, 0.15) is 17.7 Å². The van der Waals surface area contributed by atoms with Gasteiger partial charge in [-0.05, 0) is 36.6 Å². The molecule has 2 N–H and O–H groups in total. The Bertz CT molecular complexity index is 1560. The lowest BCUT2D eigenvalue weighted by molar-refractivity contribution is -0.136. The van der Waals surface area contributed by atoms with Gasteiger partial charge in [-0.15, -0.1) is 0 Å². The first-order valence-corrected chi connectivity index (χ1v) is 13.6. The van der Waals surface area contributed by atoms with Crippen LogP contribution in [-0.4, -0.2) is 80.4 Å². The summed E-state index contributed by atoms with van der Waals surface area (Å²) in [4.78, 5) is 30.8. The number of para-hydroxylation sites is 2. The minimum Gasteiger partial charge on any atom is -0.394 e. The molecule has 6 rings (SSSR count). The Balaban J connectivity index is 1.35. The minimum absolute atomic E-state index is 0.126. The Kier molecular flexibility index (Phi) is 7.50. The smallest absolute Gasteiger partial charge is 0.296 e. The standard InChI is InChI=1S/C29H31F2N7O3/c1-18(28(40)37-16-20-7-3-2-6-19(20)14-21(37)17-39)32-29-34-24(36-10-12-41-13-11-36)15-25(35-29)38-23-9-5-4-8-22(23)33-27(38)26(30)31/h2-9,15,18,21,26,39H,10-14,16-17H2,1H3,(H,32,34,35)/t18-,21+/m0/s1. The van der Waals surface area contributed by atoms with Gasteiger partial charge in [-0.25, -0.2) is 13.8 Å². The van der Waals surface area contributed by atoms with E-state index in [2.05, 4.69) is 20.3 Å². The molecule has 4 heterocycles. The van der Waals surface area contributed by atoms with Crippen LogP contribution in [-0.2, 0) is 22.5 Å². The average molecular weight is 564 g/mol. The second kappa shape index (κ2) is 11.4. The molecule has 0 unspecified atom stereocenters. The number of rotatable bonds is 7. The van der Waals surface area contributed by atoms with E-state index in [9.17, 15) is 18.7 Å². The lowest BCUT2D eigenvalue weighted by Gasteiger charge is -2.37. The van der Waals surface area contributed by atoms with Gasteiger partial charge in [0, 0.05) is 25.7 Å². The molecule has 0 aliphatic carbocycles. The molecule has 0 spiro atoms. The number of carbonyl (C=O) groups excluding carboxylic acids is 1. The first kappa shape index (κ1) is 27.0. The van der Waals surface area contributed by atoms with Gasteiger partial charge in [0.05, 0.1) is 36.9 Å². The summed E-state index contributed by atoms with van der Waals surface area (Å²) in [7, 11) is 0. The number of halogens is 2. The number of alkyl halides is 2. The number of hydrogen-bond donors (Lipinski definition) is 2. The fourth-order valence-electron chi connectivity index (χ4n) is 5.50. The average Bonchev–Trinajstić information content (AvgIpc) is 3.40. The van der Waals surface area contributed by atoms with Gasteiger partial charge in [-0.3, -0.25) is 9.36 Å². The summed E-state index contributed by atoms with van der Waals surface area (Å²) < 4.78 is 35.2. The predicted molar refractivity (Wildman–Crippen MR) is 149 cm³/mol. The Hall–Kier alpha value is -4.16. The molecule has 2 atom stereocenters. The summed E-state index contributed by atoms with van der Waals surface area (Å²) in [5.74, 6) is 0.222. The Morgan fingerprint density at radius 3 is 2.51 bits per heavy atom. The highest BCUT2D eigenvalue weighted by atomic mass is 19.3. The quantitative estimate of drug-likeness (QED) is 0.353. The van der Waals surface area contributed by atoms with Gasteiger partial charge in [0.15, 0.2) is 5.82 Å². The number of imidazole rings is 1. The lowest BCUT2D eigenvalue weighted by atomic mass is 9.94. The van der Waals surface area contributed by atoms with Gasteiger partial charge < -0.3 is 25.0 Å². The highest BCUT2D eigenvalue weighted by Gasteiger charge is 2.32. The molecule has 12 heteroatoms. The van der Waals surface area contributed by atoms with E-state index >= 15 is 0 Å². The maximum atomic E-state index is 14.2. The van der Waals surface area contributed by atoms with Crippen LogP contribution in [0.3, 0.4) is 0 Å². The lowest BCUT2D eigenvalue weighted by Crippen LogP contribution is -2.51. The van der Waals surface area contributed by atoms with E-state index in [4.69, 9.17) is 4.74 Å². The minimum atomic E-state index is -2.83. The predicted octanol–water partition coefficient (Wildman–Crippen LogP) is 3.34. The molecule has 0 bridgehead atoms. The first-order chi connectivity index (χ1) is 19.9. The van der Waals surface area contributed by atoms with Crippen LogP contribution >= 0.6 is 0 Å². The molecule has 1 saturated heterocycles. The summed E-state index contributed by atoms with van der Waals surface area (Å²) in [6.07, 6.45) is -2.28.